The van der Waals surface area contributed by atoms with Gasteiger partial charge < -0.3 is 5.32 Å². The average Bonchev–Trinajstić information content (AvgIpc) is 3.08. The maximum absolute atomic E-state index is 4.53. The quantitative estimate of drug-likeness (QED) is 0.665. The number of hydrogen-bond donors (Lipinski definition) is 2. The molecule has 0 bridgehead atoms. The minimum atomic E-state index is 0.620. The Morgan fingerprint density at radius 3 is 2.76 bits per heavy atom. The number of aliphatic imine (C=N–C) groups is 1. The molecule has 0 atom stereocenters. The molecule has 6 heteroatoms. The van der Waals surface area contributed by atoms with Crippen molar-refractivity contribution in [3.05, 3.63) is 66.8 Å². The zero-order valence-electron chi connectivity index (χ0n) is 14.3. The predicted molar refractivity (Wildman–Crippen MR) is 101 cm³/mol. The minimum Gasteiger partial charge on any atom is -0.380 e. The van der Waals surface area contributed by atoms with Gasteiger partial charge in [-0.05, 0) is 44.2 Å². The summed E-state index contributed by atoms with van der Waals surface area (Å²) in [5.41, 5.74) is 4.84. The van der Waals surface area contributed by atoms with Crippen molar-refractivity contribution in [2.45, 2.75) is 20.4 Å². The second kappa shape index (κ2) is 8.01. The second-order valence-electron chi connectivity index (χ2n) is 5.52. The monoisotopic (exact) mass is 332 g/mol. The number of allylic oxidation sites excluding steroid dienone is 2. The fraction of sp³-hybridized carbons (Fsp3) is 0.158. The first-order valence-corrected chi connectivity index (χ1v) is 8.07. The number of aromatic amines is 1. The van der Waals surface area contributed by atoms with Crippen LogP contribution in [0.5, 0.6) is 0 Å². The van der Waals surface area contributed by atoms with Gasteiger partial charge in [0.1, 0.15) is 0 Å². The topological polar surface area (TPSA) is 78.9 Å². The van der Waals surface area contributed by atoms with E-state index >= 15 is 0 Å². The van der Waals surface area contributed by atoms with Crippen molar-refractivity contribution >= 4 is 17.2 Å². The molecule has 0 spiro atoms. The molecule has 0 aliphatic rings. The van der Waals surface area contributed by atoms with Gasteiger partial charge in [0.2, 0.25) is 0 Å². The van der Waals surface area contributed by atoms with Gasteiger partial charge in [0.15, 0.2) is 5.82 Å². The Morgan fingerprint density at radius 1 is 1.20 bits per heavy atom. The average molecular weight is 332 g/mol. The fourth-order valence-corrected chi connectivity index (χ4v) is 2.37. The van der Waals surface area contributed by atoms with Crippen molar-refractivity contribution in [3.8, 4) is 11.3 Å². The van der Waals surface area contributed by atoms with E-state index in [2.05, 4.69) is 30.5 Å². The molecule has 0 fully saturated rings. The maximum Gasteiger partial charge on any atom is 0.153 e. The molecule has 0 saturated heterocycles. The lowest BCUT2D eigenvalue weighted by atomic mass is 10.2. The largest absolute Gasteiger partial charge is 0.380 e. The van der Waals surface area contributed by atoms with Crippen LogP contribution in [0.1, 0.15) is 19.4 Å². The van der Waals surface area contributed by atoms with Gasteiger partial charge in [-0.2, -0.15) is 5.10 Å². The summed E-state index contributed by atoms with van der Waals surface area (Å²) >= 11 is 0. The van der Waals surface area contributed by atoms with E-state index < -0.39 is 0 Å². The number of aromatic nitrogens is 4. The van der Waals surface area contributed by atoms with Gasteiger partial charge >= 0.3 is 0 Å². The van der Waals surface area contributed by atoms with Crippen molar-refractivity contribution in [3.63, 3.8) is 0 Å². The Hall–Kier alpha value is -3.28. The number of pyridine rings is 2. The third-order valence-electron chi connectivity index (χ3n) is 3.61. The van der Waals surface area contributed by atoms with Crippen LogP contribution in [0.15, 0.2) is 66.2 Å². The number of hydrogen-bond acceptors (Lipinski definition) is 5. The maximum atomic E-state index is 4.53. The first-order valence-electron chi connectivity index (χ1n) is 8.07. The number of nitrogens with zero attached hydrogens (tertiary/aromatic N) is 4. The summed E-state index contributed by atoms with van der Waals surface area (Å²) in [6, 6.07) is 7.88. The molecule has 3 heterocycles. The first-order chi connectivity index (χ1) is 12.3. The molecule has 0 unspecified atom stereocenters. The summed E-state index contributed by atoms with van der Waals surface area (Å²) < 4.78 is 0. The molecule has 0 aliphatic carbocycles. The van der Waals surface area contributed by atoms with Crippen LogP contribution in [-0.2, 0) is 6.54 Å². The van der Waals surface area contributed by atoms with Gasteiger partial charge in [-0.1, -0.05) is 6.08 Å². The van der Waals surface area contributed by atoms with Gasteiger partial charge in [0.05, 0.1) is 23.8 Å². The van der Waals surface area contributed by atoms with Gasteiger partial charge in [-0.3, -0.25) is 15.1 Å². The third kappa shape index (κ3) is 4.38. The molecular formula is C19H20N6. The van der Waals surface area contributed by atoms with Crippen molar-refractivity contribution in [1.29, 1.82) is 0 Å². The Bertz CT molecular complexity index is 862. The zero-order chi connectivity index (χ0) is 17.5. The summed E-state index contributed by atoms with van der Waals surface area (Å²) in [5.74, 6) is 0.768. The normalized spacial score (nSPS) is 11.8. The third-order valence-corrected chi connectivity index (χ3v) is 3.61. The highest BCUT2D eigenvalue weighted by Crippen LogP contribution is 2.20. The highest BCUT2D eigenvalue weighted by Gasteiger charge is 2.05. The molecule has 126 valence electrons. The highest BCUT2D eigenvalue weighted by atomic mass is 15.2. The lowest BCUT2D eigenvalue weighted by molar-refractivity contribution is 1.08. The van der Waals surface area contributed by atoms with Crippen LogP contribution in [0.3, 0.4) is 0 Å². The molecule has 0 radical (unpaired) electrons. The van der Waals surface area contributed by atoms with E-state index in [4.69, 9.17) is 0 Å². The zero-order valence-corrected chi connectivity index (χ0v) is 14.3. The summed E-state index contributed by atoms with van der Waals surface area (Å²) in [6.45, 7) is 4.55. The van der Waals surface area contributed by atoms with Crippen molar-refractivity contribution in [1.82, 2.24) is 20.2 Å². The second-order valence-corrected chi connectivity index (χ2v) is 5.52. The number of anilines is 1. The molecule has 3 rings (SSSR count). The molecule has 3 aromatic heterocycles. The van der Waals surface area contributed by atoms with E-state index in [0.717, 1.165) is 34.0 Å². The summed E-state index contributed by atoms with van der Waals surface area (Å²) in [5, 5.41) is 10.4. The van der Waals surface area contributed by atoms with Crippen molar-refractivity contribution in [2.24, 2.45) is 4.99 Å². The minimum absolute atomic E-state index is 0.620. The number of H-pyrrole nitrogens is 1. The standard InChI is InChI=1S/C19H20N6/c1-3-4-14(2)24-19-16(12-23-25-19)11-21-17-5-6-18(22-13-17)15-7-9-20-10-8-15/h3-10,12-13,21H,11H2,1-2H3,(H,23,25)/b4-3+,24-14?. The van der Waals surface area contributed by atoms with Gasteiger partial charge in [0, 0.05) is 35.8 Å². The Labute approximate surface area is 146 Å². The van der Waals surface area contributed by atoms with Crippen molar-refractivity contribution in [2.75, 3.05) is 5.32 Å². The van der Waals surface area contributed by atoms with E-state index in [0.29, 0.717) is 6.54 Å². The smallest absolute Gasteiger partial charge is 0.153 e. The van der Waals surface area contributed by atoms with Gasteiger partial charge in [-0.15, -0.1) is 0 Å². The van der Waals surface area contributed by atoms with Crippen LogP contribution in [0.2, 0.25) is 0 Å². The molecule has 0 aliphatic heterocycles. The van der Waals surface area contributed by atoms with Gasteiger partial charge in [-0.25, -0.2) is 4.99 Å². The van der Waals surface area contributed by atoms with Crippen LogP contribution in [0.25, 0.3) is 11.3 Å². The molecule has 0 aromatic carbocycles. The molecule has 3 aromatic rings. The van der Waals surface area contributed by atoms with E-state index in [-0.39, 0.29) is 0 Å². The molecule has 25 heavy (non-hydrogen) atoms. The SMILES string of the molecule is C/C=C/C(C)=Nc1[nH]ncc1CNc1ccc(-c2ccncc2)nc1. The van der Waals surface area contributed by atoms with Crippen LogP contribution in [0, 0.1) is 0 Å². The van der Waals surface area contributed by atoms with E-state index in [1.165, 1.54) is 0 Å². The molecule has 0 saturated carbocycles. The number of rotatable bonds is 6. The first kappa shape index (κ1) is 16.6. The summed E-state index contributed by atoms with van der Waals surface area (Å²) in [4.78, 5) is 13.0. The number of nitrogens with one attached hydrogen (secondary N) is 2. The van der Waals surface area contributed by atoms with E-state index in [9.17, 15) is 0 Å². The fourth-order valence-electron chi connectivity index (χ4n) is 2.37. The summed E-state index contributed by atoms with van der Waals surface area (Å²) in [6.07, 6.45) is 11.1. The van der Waals surface area contributed by atoms with Crippen LogP contribution in [-0.4, -0.2) is 25.9 Å². The molecule has 0 amide bonds. The van der Waals surface area contributed by atoms with E-state index in [1.807, 2.05) is 56.5 Å². The van der Waals surface area contributed by atoms with Gasteiger partial charge in [0.25, 0.3) is 0 Å². The molecule has 6 nitrogen and oxygen atoms in total. The van der Waals surface area contributed by atoms with Crippen LogP contribution in [0.4, 0.5) is 11.5 Å². The van der Waals surface area contributed by atoms with Crippen LogP contribution >= 0.6 is 0 Å². The molecular weight excluding hydrogens is 312 g/mol. The Balaban J connectivity index is 1.67. The Kier molecular flexibility index (Phi) is 5.31. The highest BCUT2D eigenvalue weighted by molar-refractivity contribution is 5.94. The van der Waals surface area contributed by atoms with Crippen LogP contribution < -0.4 is 5.32 Å². The lowest BCUT2D eigenvalue weighted by Gasteiger charge is -2.06. The van der Waals surface area contributed by atoms with Crippen molar-refractivity contribution < 1.29 is 0 Å². The predicted octanol–water partition coefficient (Wildman–Crippen LogP) is 4.15. The molecule has 2 N–H and O–H groups in total. The Morgan fingerprint density at radius 2 is 2.04 bits per heavy atom. The summed E-state index contributed by atoms with van der Waals surface area (Å²) in [7, 11) is 0. The van der Waals surface area contributed by atoms with E-state index in [1.54, 1.807) is 18.6 Å². The lowest BCUT2D eigenvalue weighted by Crippen LogP contribution is -1.99.